The van der Waals surface area contributed by atoms with Crippen LogP contribution in [-0.4, -0.2) is 34.0 Å². The predicted octanol–water partition coefficient (Wildman–Crippen LogP) is 2.11. The van der Waals surface area contributed by atoms with Crippen molar-refractivity contribution in [2.75, 3.05) is 19.7 Å². The molecule has 2 aromatic carbocycles. The van der Waals surface area contributed by atoms with E-state index in [-0.39, 0.29) is 17.3 Å². The molecule has 0 aromatic heterocycles. The van der Waals surface area contributed by atoms with Gasteiger partial charge in [0.2, 0.25) is 15.9 Å². The Morgan fingerprint density at radius 2 is 1.73 bits per heavy atom. The lowest BCUT2D eigenvalue weighted by molar-refractivity contribution is -0.119. The summed E-state index contributed by atoms with van der Waals surface area (Å²) < 4.78 is 32.0. The Bertz CT molecular complexity index is 790. The Labute approximate surface area is 154 Å². The van der Waals surface area contributed by atoms with Crippen molar-refractivity contribution in [3.05, 3.63) is 60.2 Å². The van der Waals surface area contributed by atoms with Crippen LogP contribution in [0.25, 0.3) is 0 Å². The lowest BCUT2D eigenvalue weighted by Gasteiger charge is -2.09. The molecular formula is C19H24N2O4S. The molecule has 0 aliphatic rings. The maximum absolute atomic E-state index is 12.2. The maximum atomic E-state index is 12.2. The SMILES string of the molecule is CCOc1ccc(S(=O)(=O)NCC(=O)NCCCc2ccccc2)cc1. The molecule has 0 saturated carbocycles. The number of rotatable bonds is 10. The van der Waals surface area contributed by atoms with Crippen LogP contribution in [0, 0.1) is 0 Å². The molecule has 2 aromatic rings. The van der Waals surface area contributed by atoms with E-state index in [1.807, 2.05) is 37.3 Å². The van der Waals surface area contributed by atoms with Crippen LogP contribution in [0.15, 0.2) is 59.5 Å². The molecule has 0 aliphatic heterocycles. The molecule has 0 atom stereocenters. The Balaban J connectivity index is 1.73. The monoisotopic (exact) mass is 376 g/mol. The van der Waals surface area contributed by atoms with Crippen LogP contribution >= 0.6 is 0 Å². The van der Waals surface area contributed by atoms with Gasteiger partial charge in [-0.05, 0) is 49.6 Å². The van der Waals surface area contributed by atoms with Gasteiger partial charge in [-0.25, -0.2) is 13.1 Å². The average molecular weight is 376 g/mol. The minimum atomic E-state index is -3.73. The van der Waals surface area contributed by atoms with Crippen molar-refractivity contribution in [3.8, 4) is 5.75 Å². The quantitative estimate of drug-likeness (QED) is 0.622. The lowest BCUT2D eigenvalue weighted by atomic mass is 10.1. The van der Waals surface area contributed by atoms with Crippen LogP contribution in [-0.2, 0) is 21.2 Å². The van der Waals surface area contributed by atoms with Crippen LogP contribution in [0.1, 0.15) is 18.9 Å². The average Bonchev–Trinajstić information content (AvgIpc) is 2.65. The molecule has 0 bridgehead atoms. The van der Waals surface area contributed by atoms with Crippen LogP contribution in [0.3, 0.4) is 0 Å². The highest BCUT2D eigenvalue weighted by molar-refractivity contribution is 7.89. The van der Waals surface area contributed by atoms with Gasteiger partial charge in [0, 0.05) is 6.54 Å². The molecule has 0 radical (unpaired) electrons. The largest absolute Gasteiger partial charge is 0.494 e. The van der Waals surface area contributed by atoms with Gasteiger partial charge in [0.25, 0.3) is 0 Å². The third-order valence-corrected chi connectivity index (χ3v) is 5.09. The fourth-order valence-electron chi connectivity index (χ4n) is 2.35. The van der Waals surface area contributed by atoms with Crippen molar-refractivity contribution in [2.24, 2.45) is 0 Å². The maximum Gasteiger partial charge on any atom is 0.241 e. The molecule has 0 heterocycles. The summed E-state index contributed by atoms with van der Waals surface area (Å²) >= 11 is 0. The zero-order valence-corrected chi connectivity index (χ0v) is 15.6. The highest BCUT2D eigenvalue weighted by Gasteiger charge is 2.15. The van der Waals surface area contributed by atoms with E-state index < -0.39 is 10.0 Å². The number of hydrogen-bond donors (Lipinski definition) is 2. The number of carbonyl (C=O) groups excluding carboxylic acids is 1. The van der Waals surface area contributed by atoms with Crippen molar-refractivity contribution in [2.45, 2.75) is 24.7 Å². The van der Waals surface area contributed by atoms with Gasteiger partial charge in [-0.3, -0.25) is 4.79 Å². The number of ether oxygens (including phenoxy) is 1. The summed E-state index contributed by atoms with van der Waals surface area (Å²) in [5.74, 6) is 0.246. The first-order chi connectivity index (χ1) is 12.5. The van der Waals surface area contributed by atoms with Gasteiger partial charge >= 0.3 is 0 Å². The second kappa shape index (κ2) is 9.94. The van der Waals surface area contributed by atoms with Crippen LogP contribution < -0.4 is 14.8 Å². The molecular weight excluding hydrogens is 352 g/mol. The zero-order valence-electron chi connectivity index (χ0n) is 14.8. The minimum absolute atomic E-state index is 0.0952. The smallest absolute Gasteiger partial charge is 0.241 e. The van der Waals surface area contributed by atoms with Gasteiger partial charge in [0.1, 0.15) is 5.75 Å². The number of hydrogen-bond acceptors (Lipinski definition) is 4. The molecule has 2 N–H and O–H groups in total. The standard InChI is InChI=1S/C19H24N2O4S/c1-2-25-17-10-12-18(13-11-17)26(23,24)21-15-19(22)20-14-6-9-16-7-4-3-5-8-16/h3-5,7-8,10-13,21H,2,6,9,14-15H2,1H3,(H,20,22). The molecule has 7 heteroatoms. The summed E-state index contributed by atoms with van der Waals surface area (Å²) in [6.07, 6.45) is 1.65. The third kappa shape index (κ3) is 6.50. The van der Waals surface area contributed by atoms with Gasteiger partial charge < -0.3 is 10.1 Å². The van der Waals surface area contributed by atoms with Crippen LogP contribution in [0.2, 0.25) is 0 Å². The number of aryl methyl sites for hydroxylation is 1. The number of benzene rings is 2. The van der Waals surface area contributed by atoms with Gasteiger partial charge in [-0.2, -0.15) is 0 Å². The van der Waals surface area contributed by atoms with Crippen LogP contribution in [0.4, 0.5) is 0 Å². The Kier molecular flexibility index (Phi) is 7.62. The number of sulfonamides is 1. The molecule has 0 saturated heterocycles. The summed E-state index contributed by atoms with van der Waals surface area (Å²) in [7, 11) is -3.73. The molecule has 6 nitrogen and oxygen atoms in total. The van der Waals surface area contributed by atoms with Gasteiger partial charge in [0.15, 0.2) is 0 Å². The topological polar surface area (TPSA) is 84.5 Å². The Hall–Kier alpha value is -2.38. The van der Waals surface area contributed by atoms with E-state index in [1.165, 1.54) is 17.7 Å². The molecule has 0 spiro atoms. The highest BCUT2D eigenvalue weighted by atomic mass is 32.2. The second-order valence-corrected chi connectivity index (χ2v) is 7.44. The van der Waals surface area contributed by atoms with E-state index >= 15 is 0 Å². The zero-order chi connectivity index (χ0) is 18.8. The fraction of sp³-hybridized carbons (Fsp3) is 0.316. The molecule has 140 valence electrons. The molecule has 2 rings (SSSR count). The first-order valence-electron chi connectivity index (χ1n) is 8.54. The lowest BCUT2D eigenvalue weighted by Crippen LogP contribution is -2.37. The third-order valence-electron chi connectivity index (χ3n) is 3.68. The molecule has 26 heavy (non-hydrogen) atoms. The summed E-state index contributed by atoms with van der Waals surface area (Å²) in [4.78, 5) is 11.9. The van der Waals surface area contributed by atoms with Crippen molar-refractivity contribution in [3.63, 3.8) is 0 Å². The van der Waals surface area contributed by atoms with E-state index in [1.54, 1.807) is 12.1 Å². The summed E-state index contributed by atoms with van der Waals surface area (Å²) in [6.45, 7) is 2.57. The van der Waals surface area contributed by atoms with E-state index in [9.17, 15) is 13.2 Å². The molecule has 1 amide bonds. The van der Waals surface area contributed by atoms with E-state index in [4.69, 9.17) is 4.74 Å². The van der Waals surface area contributed by atoms with Crippen molar-refractivity contribution in [1.29, 1.82) is 0 Å². The Morgan fingerprint density at radius 3 is 2.38 bits per heavy atom. The summed E-state index contributed by atoms with van der Waals surface area (Å²) in [5, 5.41) is 2.72. The first-order valence-corrected chi connectivity index (χ1v) is 10.0. The summed E-state index contributed by atoms with van der Waals surface area (Å²) in [6, 6.07) is 16.0. The van der Waals surface area contributed by atoms with Gasteiger partial charge in [-0.15, -0.1) is 0 Å². The minimum Gasteiger partial charge on any atom is -0.494 e. The number of carbonyl (C=O) groups is 1. The van der Waals surface area contributed by atoms with Crippen LogP contribution in [0.5, 0.6) is 5.75 Å². The second-order valence-electron chi connectivity index (χ2n) is 5.67. The van der Waals surface area contributed by atoms with Gasteiger partial charge in [0.05, 0.1) is 18.0 Å². The fourth-order valence-corrected chi connectivity index (χ4v) is 3.34. The molecule has 0 aliphatic carbocycles. The number of amides is 1. The molecule has 0 fully saturated rings. The van der Waals surface area contributed by atoms with E-state index in [2.05, 4.69) is 10.0 Å². The van der Waals surface area contributed by atoms with E-state index in [0.29, 0.717) is 18.9 Å². The summed E-state index contributed by atoms with van der Waals surface area (Å²) in [5.41, 5.74) is 1.21. The predicted molar refractivity (Wildman–Crippen MR) is 101 cm³/mol. The van der Waals surface area contributed by atoms with Crippen molar-refractivity contribution >= 4 is 15.9 Å². The first kappa shape index (κ1) is 19.9. The molecule has 0 unspecified atom stereocenters. The Morgan fingerprint density at radius 1 is 1.04 bits per heavy atom. The van der Waals surface area contributed by atoms with Crippen molar-refractivity contribution < 1.29 is 17.9 Å². The number of nitrogens with one attached hydrogen (secondary N) is 2. The van der Waals surface area contributed by atoms with E-state index in [0.717, 1.165) is 12.8 Å². The van der Waals surface area contributed by atoms with Crippen molar-refractivity contribution in [1.82, 2.24) is 10.0 Å². The van der Waals surface area contributed by atoms with Gasteiger partial charge in [-0.1, -0.05) is 30.3 Å². The highest BCUT2D eigenvalue weighted by Crippen LogP contribution is 2.15. The normalized spacial score (nSPS) is 11.1.